The van der Waals surface area contributed by atoms with E-state index in [4.69, 9.17) is 0 Å². The summed E-state index contributed by atoms with van der Waals surface area (Å²) in [5.74, 6) is -0.225. The summed E-state index contributed by atoms with van der Waals surface area (Å²) in [5.41, 5.74) is 4.87. The molecule has 2 aromatic carbocycles. The molecule has 0 heterocycles. The van der Waals surface area contributed by atoms with Crippen LogP contribution in [0, 0.1) is 0 Å². The molecular formula is C15H13BrN2O. The van der Waals surface area contributed by atoms with E-state index in [1.807, 2.05) is 49.4 Å². The van der Waals surface area contributed by atoms with E-state index in [0.29, 0.717) is 5.56 Å². The van der Waals surface area contributed by atoms with Gasteiger partial charge in [0.15, 0.2) is 0 Å². The zero-order valence-corrected chi connectivity index (χ0v) is 12.0. The standard InChI is InChI=1S/C15H13BrN2O/c1-11(12-6-3-2-4-7-12)17-18-15(19)13-8-5-9-14(16)10-13/h2-10H,1H3,(H,18,19)/b17-11+. The Kier molecular flexibility index (Phi) is 4.47. The average molecular weight is 317 g/mol. The number of carbonyl (C=O) groups excluding carboxylic acids is 1. The van der Waals surface area contributed by atoms with Gasteiger partial charge in [-0.2, -0.15) is 5.10 Å². The highest BCUT2D eigenvalue weighted by Crippen LogP contribution is 2.11. The number of benzene rings is 2. The molecule has 0 saturated heterocycles. The van der Waals surface area contributed by atoms with Gasteiger partial charge in [-0.25, -0.2) is 5.43 Å². The Labute approximate surface area is 120 Å². The Bertz CT molecular complexity index is 609. The van der Waals surface area contributed by atoms with Gasteiger partial charge in [0.25, 0.3) is 5.91 Å². The highest BCUT2D eigenvalue weighted by atomic mass is 79.9. The Morgan fingerprint density at radius 3 is 2.42 bits per heavy atom. The van der Waals surface area contributed by atoms with Gasteiger partial charge in [-0.15, -0.1) is 0 Å². The fraction of sp³-hybridized carbons (Fsp3) is 0.0667. The molecule has 0 unspecified atom stereocenters. The summed E-state index contributed by atoms with van der Waals surface area (Å²) in [6, 6.07) is 16.9. The number of hydrogen-bond acceptors (Lipinski definition) is 2. The number of hydrazone groups is 1. The molecular weight excluding hydrogens is 304 g/mol. The largest absolute Gasteiger partial charge is 0.271 e. The number of amides is 1. The molecule has 0 aliphatic heterocycles. The van der Waals surface area contributed by atoms with E-state index in [1.54, 1.807) is 12.1 Å². The first-order valence-corrected chi connectivity index (χ1v) is 6.62. The fourth-order valence-electron chi connectivity index (χ4n) is 1.57. The van der Waals surface area contributed by atoms with Crippen molar-refractivity contribution in [1.82, 2.24) is 5.43 Å². The third-order valence-electron chi connectivity index (χ3n) is 2.60. The van der Waals surface area contributed by atoms with E-state index in [9.17, 15) is 4.79 Å². The van der Waals surface area contributed by atoms with Gasteiger partial charge >= 0.3 is 0 Å². The van der Waals surface area contributed by atoms with Gasteiger partial charge in [-0.1, -0.05) is 52.3 Å². The molecule has 0 atom stereocenters. The second-order valence-electron chi connectivity index (χ2n) is 4.01. The van der Waals surface area contributed by atoms with Crippen molar-refractivity contribution >= 4 is 27.5 Å². The summed E-state index contributed by atoms with van der Waals surface area (Å²) in [7, 11) is 0. The van der Waals surface area contributed by atoms with E-state index >= 15 is 0 Å². The molecule has 19 heavy (non-hydrogen) atoms. The average Bonchev–Trinajstić information content (AvgIpc) is 2.45. The van der Waals surface area contributed by atoms with Crippen LogP contribution in [0.25, 0.3) is 0 Å². The van der Waals surface area contributed by atoms with E-state index in [1.165, 1.54) is 0 Å². The highest BCUT2D eigenvalue weighted by molar-refractivity contribution is 9.10. The highest BCUT2D eigenvalue weighted by Gasteiger charge is 2.04. The lowest BCUT2D eigenvalue weighted by Gasteiger charge is -2.03. The van der Waals surface area contributed by atoms with Crippen LogP contribution >= 0.6 is 15.9 Å². The molecule has 2 rings (SSSR count). The van der Waals surface area contributed by atoms with Crippen LogP contribution in [0.3, 0.4) is 0 Å². The van der Waals surface area contributed by atoms with Crippen LogP contribution in [-0.2, 0) is 0 Å². The predicted molar refractivity (Wildman–Crippen MR) is 80.3 cm³/mol. The summed E-state index contributed by atoms with van der Waals surface area (Å²) < 4.78 is 0.865. The number of halogens is 1. The van der Waals surface area contributed by atoms with E-state index in [-0.39, 0.29) is 5.91 Å². The molecule has 4 heteroatoms. The molecule has 0 saturated carbocycles. The maximum atomic E-state index is 11.9. The van der Waals surface area contributed by atoms with Gasteiger partial charge < -0.3 is 0 Å². The lowest BCUT2D eigenvalue weighted by Crippen LogP contribution is -2.19. The monoisotopic (exact) mass is 316 g/mol. The molecule has 0 radical (unpaired) electrons. The van der Waals surface area contributed by atoms with Crippen molar-refractivity contribution in [2.24, 2.45) is 5.10 Å². The third-order valence-corrected chi connectivity index (χ3v) is 3.10. The quantitative estimate of drug-likeness (QED) is 0.682. The van der Waals surface area contributed by atoms with Crippen molar-refractivity contribution in [3.05, 3.63) is 70.2 Å². The molecule has 2 aromatic rings. The number of rotatable bonds is 3. The number of nitrogens with one attached hydrogen (secondary N) is 1. The molecule has 96 valence electrons. The Morgan fingerprint density at radius 1 is 1.05 bits per heavy atom. The van der Waals surface area contributed by atoms with Crippen molar-refractivity contribution in [1.29, 1.82) is 0 Å². The molecule has 1 N–H and O–H groups in total. The first-order chi connectivity index (χ1) is 9.16. The van der Waals surface area contributed by atoms with Crippen LogP contribution < -0.4 is 5.43 Å². The first kappa shape index (κ1) is 13.5. The van der Waals surface area contributed by atoms with Crippen LogP contribution in [0.15, 0.2) is 64.2 Å². The smallest absolute Gasteiger partial charge is 0.267 e. The van der Waals surface area contributed by atoms with E-state index in [0.717, 1.165) is 15.7 Å². The predicted octanol–water partition coefficient (Wildman–Crippen LogP) is 3.60. The van der Waals surface area contributed by atoms with E-state index < -0.39 is 0 Å². The summed E-state index contributed by atoms with van der Waals surface area (Å²) in [4.78, 5) is 11.9. The van der Waals surface area contributed by atoms with Crippen LogP contribution in [-0.4, -0.2) is 11.6 Å². The maximum absolute atomic E-state index is 11.9. The molecule has 0 aliphatic rings. The van der Waals surface area contributed by atoms with Crippen LogP contribution in [0.1, 0.15) is 22.8 Å². The minimum Gasteiger partial charge on any atom is -0.267 e. The SMILES string of the molecule is C/C(=N\NC(=O)c1cccc(Br)c1)c1ccccc1. The lowest BCUT2D eigenvalue weighted by molar-refractivity contribution is 0.0955. The second-order valence-corrected chi connectivity index (χ2v) is 4.93. The van der Waals surface area contributed by atoms with Gasteiger partial charge in [-0.05, 0) is 30.7 Å². The maximum Gasteiger partial charge on any atom is 0.271 e. The van der Waals surface area contributed by atoms with Gasteiger partial charge in [0.1, 0.15) is 0 Å². The fourth-order valence-corrected chi connectivity index (χ4v) is 1.97. The lowest BCUT2D eigenvalue weighted by atomic mass is 10.1. The molecule has 1 amide bonds. The minimum absolute atomic E-state index is 0.225. The number of carbonyl (C=O) groups is 1. The second kappa shape index (κ2) is 6.29. The Morgan fingerprint density at radius 2 is 1.74 bits per heavy atom. The van der Waals surface area contributed by atoms with E-state index in [2.05, 4.69) is 26.5 Å². The van der Waals surface area contributed by atoms with Crippen molar-refractivity contribution in [2.75, 3.05) is 0 Å². The van der Waals surface area contributed by atoms with Gasteiger partial charge in [-0.3, -0.25) is 4.79 Å². The molecule has 0 spiro atoms. The van der Waals surface area contributed by atoms with Gasteiger partial charge in [0, 0.05) is 10.0 Å². The normalized spacial score (nSPS) is 11.2. The van der Waals surface area contributed by atoms with Crippen molar-refractivity contribution in [3.8, 4) is 0 Å². The summed E-state index contributed by atoms with van der Waals surface area (Å²) in [5, 5.41) is 4.10. The van der Waals surface area contributed by atoms with Gasteiger partial charge in [0.05, 0.1) is 5.71 Å². The van der Waals surface area contributed by atoms with Crippen molar-refractivity contribution in [2.45, 2.75) is 6.92 Å². The molecule has 0 fully saturated rings. The van der Waals surface area contributed by atoms with Crippen molar-refractivity contribution < 1.29 is 4.79 Å². The zero-order chi connectivity index (χ0) is 13.7. The zero-order valence-electron chi connectivity index (χ0n) is 10.4. The number of nitrogens with zero attached hydrogens (tertiary/aromatic N) is 1. The topological polar surface area (TPSA) is 41.5 Å². The first-order valence-electron chi connectivity index (χ1n) is 5.82. The minimum atomic E-state index is -0.225. The molecule has 0 bridgehead atoms. The molecule has 0 aromatic heterocycles. The van der Waals surface area contributed by atoms with Gasteiger partial charge in [0.2, 0.25) is 0 Å². The Hall–Kier alpha value is -1.94. The van der Waals surface area contributed by atoms with Crippen LogP contribution in [0.2, 0.25) is 0 Å². The summed E-state index contributed by atoms with van der Waals surface area (Å²) in [6.07, 6.45) is 0. The number of hydrogen-bond donors (Lipinski definition) is 1. The Balaban J connectivity index is 2.08. The van der Waals surface area contributed by atoms with Crippen LogP contribution in [0.4, 0.5) is 0 Å². The van der Waals surface area contributed by atoms with Crippen LogP contribution in [0.5, 0.6) is 0 Å². The molecule has 3 nitrogen and oxygen atoms in total. The third kappa shape index (κ3) is 3.76. The van der Waals surface area contributed by atoms with Crippen molar-refractivity contribution in [3.63, 3.8) is 0 Å². The summed E-state index contributed by atoms with van der Waals surface area (Å²) in [6.45, 7) is 1.86. The molecule has 0 aliphatic carbocycles. The summed E-state index contributed by atoms with van der Waals surface area (Å²) >= 11 is 3.33.